The van der Waals surface area contributed by atoms with Gasteiger partial charge in [0.15, 0.2) is 0 Å². The van der Waals surface area contributed by atoms with E-state index < -0.39 is 0 Å². The van der Waals surface area contributed by atoms with Crippen LogP contribution in [0.1, 0.15) is 11.5 Å². The summed E-state index contributed by atoms with van der Waals surface area (Å²) in [4.78, 5) is 4.53. The zero-order valence-corrected chi connectivity index (χ0v) is 7.09. The fourth-order valence-electron chi connectivity index (χ4n) is 1.70. The Labute approximate surface area is 75.6 Å². The Kier molecular flexibility index (Phi) is 2.16. The van der Waals surface area contributed by atoms with Crippen molar-refractivity contribution < 1.29 is 9.23 Å². The number of halogens is 1. The second-order valence-electron chi connectivity index (χ2n) is 3.11. The third-order valence-electron chi connectivity index (χ3n) is 2.30. The second kappa shape index (κ2) is 3.32. The molecule has 4 heteroatoms. The Morgan fingerprint density at radius 1 is 1.62 bits per heavy atom. The van der Waals surface area contributed by atoms with Gasteiger partial charge in [-0.1, -0.05) is 6.07 Å². The molecule has 0 radical (unpaired) electrons. The molecular weight excluding hydrogens is 171 g/mol. The molecule has 0 fully saturated rings. The zero-order chi connectivity index (χ0) is 9.26. The maximum absolute atomic E-state index is 13.3. The average molecular weight is 182 g/mol. The van der Waals surface area contributed by atoms with E-state index in [9.17, 15) is 4.39 Å². The number of nitrogens with two attached hydrogens (primary N) is 1. The van der Waals surface area contributed by atoms with Crippen molar-refractivity contribution in [3.8, 4) is 0 Å². The molecule has 0 saturated carbocycles. The summed E-state index contributed by atoms with van der Waals surface area (Å²) in [7, 11) is 0. The van der Waals surface area contributed by atoms with Crippen LogP contribution in [0.15, 0.2) is 18.2 Å². The highest BCUT2D eigenvalue weighted by Gasteiger charge is 2.25. The minimum Gasteiger partial charge on any atom is -0.384 e. The molecule has 70 valence electrons. The Hall–Kier alpha value is -1.13. The number of anilines is 1. The van der Waals surface area contributed by atoms with Crippen LogP contribution in [0.2, 0.25) is 0 Å². The molecule has 1 aliphatic rings. The van der Waals surface area contributed by atoms with Gasteiger partial charge in [0.25, 0.3) is 0 Å². The fourth-order valence-corrected chi connectivity index (χ4v) is 1.70. The normalized spacial score (nSPS) is 19.7. The summed E-state index contributed by atoms with van der Waals surface area (Å²) in [6.45, 7) is 1.04. The molecule has 13 heavy (non-hydrogen) atoms. The smallest absolute Gasteiger partial charge is 0.128 e. The van der Waals surface area contributed by atoms with Crippen molar-refractivity contribution in [1.29, 1.82) is 0 Å². The van der Waals surface area contributed by atoms with Gasteiger partial charge in [-0.2, -0.15) is 0 Å². The van der Waals surface area contributed by atoms with Crippen LogP contribution in [-0.4, -0.2) is 13.2 Å². The number of fused-ring (bicyclic) bond motifs is 1. The van der Waals surface area contributed by atoms with Crippen LogP contribution < -0.4 is 11.2 Å². The van der Waals surface area contributed by atoms with Crippen LogP contribution in [0, 0.1) is 5.82 Å². The van der Waals surface area contributed by atoms with Crippen molar-refractivity contribution in [2.45, 2.75) is 5.92 Å². The summed E-state index contributed by atoms with van der Waals surface area (Å²) >= 11 is 0. The van der Waals surface area contributed by atoms with Crippen molar-refractivity contribution in [2.24, 2.45) is 5.90 Å². The molecule has 0 aromatic heterocycles. The lowest BCUT2D eigenvalue weighted by atomic mass is 10.0. The van der Waals surface area contributed by atoms with Crippen LogP contribution >= 0.6 is 0 Å². The molecule has 3 nitrogen and oxygen atoms in total. The van der Waals surface area contributed by atoms with Crippen molar-refractivity contribution in [3.05, 3.63) is 29.6 Å². The van der Waals surface area contributed by atoms with Crippen molar-refractivity contribution in [1.82, 2.24) is 0 Å². The highest BCUT2D eigenvalue weighted by molar-refractivity contribution is 5.58. The lowest BCUT2D eigenvalue weighted by Gasteiger charge is -2.08. The number of nitrogens with one attached hydrogen (secondary N) is 1. The van der Waals surface area contributed by atoms with Gasteiger partial charge < -0.3 is 10.2 Å². The summed E-state index contributed by atoms with van der Waals surface area (Å²) in [6, 6.07) is 5.00. The molecule has 0 amide bonds. The molecule has 3 N–H and O–H groups in total. The predicted molar refractivity (Wildman–Crippen MR) is 47.8 cm³/mol. The van der Waals surface area contributed by atoms with E-state index in [2.05, 4.69) is 10.2 Å². The van der Waals surface area contributed by atoms with Crippen LogP contribution in [0.25, 0.3) is 0 Å². The Morgan fingerprint density at radius 3 is 3.23 bits per heavy atom. The molecule has 0 saturated heterocycles. The van der Waals surface area contributed by atoms with E-state index in [4.69, 9.17) is 5.90 Å². The summed E-state index contributed by atoms with van der Waals surface area (Å²) in [5, 5.41) is 3.10. The lowest BCUT2D eigenvalue weighted by molar-refractivity contribution is 0.126. The highest BCUT2D eigenvalue weighted by atomic mass is 19.1. The van der Waals surface area contributed by atoms with E-state index in [1.807, 2.05) is 6.07 Å². The highest BCUT2D eigenvalue weighted by Crippen LogP contribution is 2.33. The average Bonchev–Trinajstić information content (AvgIpc) is 2.51. The number of hydrogen-bond acceptors (Lipinski definition) is 3. The zero-order valence-electron chi connectivity index (χ0n) is 7.09. The quantitative estimate of drug-likeness (QED) is 0.676. The summed E-state index contributed by atoms with van der Waals surface area (Å²) in [5.74, 6) is 4.80. The summed E-state index contributed by atoms with van der Waals surface area (Å²) < 4.78 is 13.3. The minimum absolute atomic E-state index is 0.0289. The van der Waals surface area contributed by atoms with Gasteiger partial charge in [0.2, 0.25) is 0 Å². The van der Waals surface area contributed by atoms with Gasteiger partial charge >= 0.3 is 0 Å². The van der Waals surface area contributed by atoms with Gasteiger partial charge in [-0.15, -0.1) is 0 Å². The Balaban J connectivity index is 2.34. The van der Waals surface area contributed by atoms with E-state index in [-0.39, 0.29) is 11.7 Å². The third kappa shape index (κ3) is 1.38. The Morgan fingerprint density at radius 2 is 2.46 bits per heavy atom. The third-order valence-corrected chi connectivity index (χ3v) is 2.30. The minimum atomic E-state index is -0.190. The van der Waals surface area contributed by atoms with E-state index in [0.717, 1.165) is 5.69 Å². The topological polar surface area (TPSA) is 47.3 Å². The maximum Gasteiger partial charge on any atom is 0.128 e. The van der Waals surface area contributed by atoms with Crippen molar-refractivity contribution in [2.75, 3.05) is 18.5 Å². The molecule has 0 aliphatic carbocycles. The SMILES string of the molecule is NOCC1CNc2cccc(F)c21. The number of rotatable bonds is 2. The first-order valence-electron chi connectivity index (χ1n) is 4.17. The van der Waals surface area contributed by atoms with E-state index >= 15 is 0 Å². The summed E-state index contributed by atoms with van der Waals surface area (Å²) in [6.07, 6.45) is 0. The van der Waals surface area contributed by atoms with Gasteiger partial charge in [0.1, 0.15) is 5.82 Å². The number of benzene rings is 1. The summed E-state index contributed by atoms with van der Waals surface area (Å²) in [5.41, 5.74) is 1.54. The van der Waals surface area contributed by atoms with E-state index in [1.165, 1.54) is 6.07 Å². The first-order chi connectivity index (χ1) is 6.33. The molecule has 1 unspecified atom stereocenters. The van der Waals surface area contributed by atoms with Crippen LogP contribution in [-0.2, 0) is 4.84 Å². The molecule has 0 bridgehead atoms. The van der Waals surface area contributed by atoms with Crippen molar-refractivity contribution in [3.63, 3.8) is 0 Å². The molecule has 1 aromatic rings. The molecule has 1 aliphatic heterocycles. The Bertz CT molecular complexity index is 314. The van der Waals surface area contributed by atoms with Crippen LogP contribution in [0.5, 0.6) is 0 Å². The van der Waals surface area contributed by atoms with E-state index in [1.54, 1.807) is 6.07 Å². The fraction of sp³-hybridized carbons (Fsp3) is 0.333. The van der Waals surface area contributed by atoms with Crippen LogP contribution in [0.4, 0.5) is 10.1 Å². The van der Waals surface area contributed by atoms with Gasteiger partial charge in [0.05, 0.1) is 6.61 Å². The maximum atomic E-state index is 13.3. The van der Waals surface area contributed by atoms with Gasteiger partial charge in [-0.25, -0.2) is 10.3 Å². The predicted octanol–water partition coefficient (Wildman–Crippen LogP) is 1.23. The molecule has 2 rings (SSSR count). The van der Waals surface area contributed by atoms with Crippen molar-refractivity contribution >= 4 is 5.69 Å². The molecule has 0 spiro atoms. The standard InChI is InChI=1S/C9H11FN2O/c10-7-2-1-3-8-9(7)6(4-12-8)5-13-11/h1-3,6,12H,4-5,11H2. The number of hydrogen-bond donors (Lipinski definition) is 2. The van der Waals surface area contributed by atoms with Gasteiger partial charge in [0, 0.05) is 23.7 Å². The lowest BCUT2D eigenvalue weighted by Crippen LogP contribution is -2.13. The second-order valence-corrected chi connectivity index (χ2v) is 3.11. The van der Waals surface area contributed by atoms with E-state index in [0.29, 0.717) is 18.7 Å². The van der Waals surface area contributed by atoms with Gasteiger partial charge in [-0.05, 0) is 12.1 Å². The largest absolute Gasteiger partial charge is 0.384 e. The van der Waals surface area contributed by atoms with Gasteiger partial charge in [-0.3, -0.25) is 0 Å². The monoisotopic (exact) mass is 182 g/mol. The molecular formula is C9H11FN2O. The molecule has 1 aromatic carbocycles. The van der Waals surface area contributed by atoms with Crippen LogP contribution in [0.3, 0.4) is 0 Å². The first-order valence-corrected chi connectivity index (χ1v) is 4.17. The molecule has 1 atom stereocenters. The molecule has 1 heterocycles. The first kappa shape index (κ1) is 8.47.